The molecule has 14 heteroatoms. The van der Waals surface area contributed by atoms with Crippen LogP contribution in [0, 0.1) is 5.41 Å². The Bertz CT molecular complexity index is 948. The number of aliphatic carboxylic acids is 1. The van der Waals surface area contributed by atoms with Crippen LogP contribution in [0.15, 0.2) is 22.5 Å². The molecule has 0 saturated carbocycles. The third kappa shape index (κ3) is 4.14. The number of alkyl halides is 3. The van der Waals surface area contributed by atoms with Crippen molar-refractivity contribution in [3.63, 3.8) is 0 Å². The zero-order valence-electron chi connectivity index (χ0n) is 15.3. The van der Waals surface area contributed by atoms with Crippen LogP contribution in [0.3, 0.4) is 0 Å². The van der Waals surface area contributed by atoms with Gasteiger partial charge in [-0.1, -0.05) is 6.08 Å². The van der Waals surface area contributed by atoms with E-state index < -0.39 is 47.3 Å². The minimum atomic E-state index is -4.67. The van der Waals surface area contributed by atoms with Crippen LogP contribution < -0.4 is 11.1 Å². The second kappa shape index (κ2) is 7.91. The van der Waals surface area contributed by atoms with Gasteiger partial charge < -0.3 is 21.1 Å². The van der Waals surface area contributed by atoms with Crippen molar-refractivity contribution in [2.24, 2.45) is 10.4 Å². The Labute approximate surface area is 176 Å². The van der Waals surface area contributed by atoms with Crippen molar-refractivity contribution in [1.82, 2.24) is 15.2 Å². The van der Waals surface area contributed by atoms with Crippen LogP contribution in [0.2, 0.25) is 0 Å². The van der Waals surface area contributed by atoms with Crippen LogP contribution in [0.25, 0.3) is 0 Å². The molecule has 0 bridgehead atoms. The Kier molecular flexibility index (Phi) is 5.82. The highest BCUT2D eigenvalue weighted by Crippen LogP contribution is 2.43. The molecule has 162 valence electrons. The van der Waals surface area contributed by atoms with Gasteiger partial charge >= 0.3 is 12.1 Å². The number of nitrogens with two attached hydrogens (primary N) is 1. The molecule has 3 rings (SSSR count). The normalized spacial score (nSPS) is 27.0. The van der Waals surface area contributed by atoms with Crippen LogP contribution >= 0.6 is 23.1 Å². The van der Waals surface area contributed by atoms with Gasteiger partial charge in [0, 0.05) is 30.8 Å². The molecule has 2 aliphatic heterocycles. The van der Waals surface area contributed by atoms with Gasteiger partial charge in [0.25, 0.3) is 5.91 Å². The Morgan fingerprint density at radius 2 is 2.20 bits per heavy atom. The number of hydrogen-bond donors (Lipinski definition) is 3. The fourth-order valence-corrected chi connectivity index (χ4v) is 5.15. The van der Waals surface area contributed by atoms with Crippen molar-refractivity contribution in [3.8, 4) is 0 Å². The minimum absolute atomic E-state index is 0.0250. The van der Waals surface area contributed by atoms with Crippen molar-refractivity contribution in [2.45, 2.75) is 17.6 Å². The van der Waals surface area contributed by atoms with Gasteiger partial charge in [-0.15, -0.1) is 23.1 Å². The van der Waals surface area contributed by atoms with Crippen molar-refractivity contribution < 1.29 is 32.7 Å². The lowest BCUT2D eigenvalue weighted by Crippen LogP contribution is -2.73. The van der Waals surface area contributed by atoms with Crippen LogP contribution in [0.1, 0.15) is 5.69 Å². The molecule has 0 aromatic carbocycles. The number of β-lactam (4-membered cyclic amide) rings is 1. The summed E-state index contributed by atoms with van der Waals surface area (Å²) in [5, 5.41) is 13.2. The number of fused-ring (bicyclic) bond motifs is 1. The Morgan fingerprint density at radius 3 is 2.73 bits per heavy atom. The second-order valence-electron chi connectivity index (χ2n) is 6.60. The maximum atomic E-state index is 12.5. The van der Waals surface area contributed by atoms with E-state index in [2.05, 4.69) is 15.3 Å². The molecular formula is C16H16F3N5O4S2. The van der Waals surface area contributed by atoms with Crippen LogP contribution in [0.5, 0.6) is 0 Å². The van der Waals surface area contributed by atoms with Gasteiger partial charge in [-0.3, -0.25) is 19.4 Å². The number of carbonyl (C=O) groups is 3. The highest BCUT2D eigenvalue weighted by Gasteiger charge is 2.57. The highest BCUT2D eigenvalue weighted by molar-refractivity contribution is 8.00. The number of aliphatic imine (C=N–C) groups is 1. The molecule has 2 unspecified atom stereocenters. The zero-order valence-corrected chi connectivity index (χ0v) is 17.0. The summed E-state index contributed by atoms with van der Waals surface area (Å²) in [5.74, 6) is -2.89. The lowest BCUT2D eigenvalue weighted by atomic mass is 9.86. The number of nitrogen functional groups attached to an aromatic ring is 1. The fraction of sp³-hybridized carbons (Fsp3) is 0.438. The number of carboxylic acids is 1. The van der Waals surface area contributed by atoms with E-state index in [9.17, 15) is 32.7 Å². The SMILES string of the molecule is CN=C(C(=O)NC1C(=O)N2CC(C=CC(F)(F)F)(C(=O)O)CS[C@H]12)c1csc(N)n1. The summed E-state index contributed by atoms with van der Waals surface area (Å²) in [6.45, 7) is -0.422. The maximum absolute atomic E-state index is 12.5. The number of halogens is 3. The first-order valence-corrected chi connectivity index (χ1v) is 10.3. The standard InChI is InChI=1S/C16H16F3N5O4S2/c1-21-8(7-4-29-14(20)22-7)10(25)23-9-11(26)24-5-15(13(27)28,6-30-12(9)24)2-3-16(17,18)19/h2-4,9,12H,5-6H2,1H3,(H2,20,22)(H,23,25)(H,27,28)/t9?,12-,15?/m1/s1. The quantitative estimate of drug-likeness (QED) is 0.333. The predicted octanol–water partition coefficient (Wildman–Crippen LogP) is 0.734. The number of thiazole rings is 1. The third-order valence-corrected chi connectivity index (χ3v) is 6.84. The van der Waals surface area contributed by atoms with E-state index >= 15 is 0 Å². The van der Waals surface area contributed by atoms with E-state index in [-0.39, 0.29) is 28.4 Å². The zero-order chi connectivity index (χ0) is 22.3. The first-order chi connectivity index (χ1) is 14.0. The highest BCUT2D eigenvalue weighted by atomic mass is 32.2. The maximum Gasteiger partial charge on any atom is 0.409 e. The molecule has 0 spiro atoms. The summed E-state index contributed by atoms with van der Waals surface area (Å²) in [6.07, 6.45) is -4.23. The number of carboxylic acid groups (broad SMARTS) is 1. The summed E-state index contributed by atoms with van der Waals surface area (Å²) in [4.78, 5) is 45.7. The minimum Gasteiger partial charge on any atom is -0.481 e. The smallest absolute Gasteiger partial charge is 0.409 e. The summed E-state index contributed by atoms with van der Waals surface area (Å²) >= 11 is 2.11. The predicted molar refractivity (Wildman–Crippen MR) is 104 cm³/mol. The van der Waals surface area contributed by atoms with E-state index in [0.29, 0.717) is 6.08 Å². The first kappa shape index (κ1) is 22.1. The van der Waals surface area contributed by atoms with E-state index in [1.54, 1.807) is 0 Å². The number of aromatic nitrogens is 1. The molecule has 1 aromatic heterocycles. The summed E-state index contributed by atoms with van der Waals surface area (Å²) in [5.41, 5.74) is 3.91. The van der Waals surface area contributed by atoms with Gasteiger partial charge in [0.2, 0.25) is 5.91 Å². The summed E-state index contributed by atoms with van der Waals surface area (Å²) in [6, 6.07) is -0.950. The number of carbonyl (C=O) groups excluding carboxylic acids is 2. The molecule has 9 nitrogen and oxygen atoms in total. The second-order valence-corrected chi connectivity index (χ2v) is 8.59. The van der Waals surface area contributed by atoms with Gasteiger partial charge in [0.1, 0.15) is 28.2 Å². The van der Waals surface area contributed by atoms with Gasteiger partial charge in [-0.25, -0.2) is 4.98 Å². The number of anilines is 1. The van der Waals surface area contributed by atoms with Gasteiger partial charge in [0.05, 0.1) is 0 Å². The van der Waals surface area contributed by atoms with Gasteiger partial charge in [-0.2, -0.15) is 13.2 Å². The number of allylic oxidation sites excluding steroid dienone is 1. The summed E-state index contributed by atoms with van der Waals surface area (Å²) < 4.78 is 37.6. The molecule has 1 aromatic rings. The molecule has 0 aliphatic carbocycles. The van der Waals surface area contributed by atoms with Crippen molar-refractivity contribution in [2.75, 3.05) is 25.1 Å². The summed E-state index contributed by atoms with van der Waals surface area (Å²) in [7, 11) is 1.38. The number of nitrogens with zero attached hydrogens (tertiary/aromatic N) is 3. The van der Waals surface area contributed by atoms with Crippen molar-refractivity contribution in [3.05, 3.63) is 23.2 Å². The van der Waals surface area contributed by atoms with Crippen molar-refractivity contribution in [1.29, 1.82) is 0 Å². The third-order valence-electron chi connectivity index (χ3n) is 4.61. The van der Waals surface area contributed by atoms with Crippen LogP contribution in [-0.4, -0.2) is 75.4 Å². The first-order valence-electron chi connectivity index (χ1n) is 8.39. The molecule has 0 radical (unpaired) electrons. The Hall–Kier alpha value is -2.61. The average molecular weight is 463 g/mol. The van der Waals surface area contributed by atoms with Crippen LogP contribution in [0.4, 0.5) is 18.3 Å². The molecule has 2 aliphatic rings. The van der Waals surface area contributed by atoms with E-state index in [1.807, 2.05) is 0 Å². The van der Waals surface area contributed by atoms with E-state index in [0.717, 1.165) is 28.0 Å². The molecule has 3 heterocycles. The molecule has 2 saturated heterocycles. The topological polar surface area (TPSA) is 138 Å². The number of rotatable bonds is 5. The monoisotopic (exact) mass is 463 g/mol. The lowest BCUT2D eigenvalue weighted by Gasteiger charge is -2.53. The number of hydrogen-bond acceptors (Lipinski definition) is 8. The van der Waals surface area contributed by atoms with Gasteiger partial charge in [-0.05, 0) is 0 Å². The number of thioether (sulfide) groups is 1. The largest absolute Gasteiger partial charge is 0.481 e. The van der Waals surface area contributed by atoms with E-state index in [1.165, 1.54) is 12.4 Å². The Morgan fingerprint density at radius 1 is 1.50 bits per heavy atom. The molecule has 30 heavy (non-hydrogen) atoms. The van der Waals surface area contributed by atoms with Gasteiger partial charge in [0.15, 0.2) is 5.13 Å². The molecule has 2 amide bonds. The van der Waals surface area contributed by atoms with Crippen molar-refractivity contribution >= 4 is 51.7 Å². The molecule has 3 atom stereocenters. The fourth-order valence-electron chi connectivity index (χ4n) is 3.09. The molecular weight excluding hydrogens is 447 g/mol. The molecule has 2 fully saturated rings. The number of nitrogens with one attached hydrogen (secondary N) is 1. The Balaban J connectivity index is 1.71. The molecule has 4 N–H and O–H groups in total. The average Bonchev–Trinajstić information content (AvgIpc) is 3.10. The lowest BCUT2D eigenvalue weighted by molar-refractivity contribution is -0.156. The number of amides is 2. The van der Waals surface area contributed by atoms with E-state index in [4.69, 9.17) is 5.73 Å². The van der Waals surface area contributed by atoms with Crippen LogP contribution in [-0.2, 0) is 14.4 Å².